The van der Waals surface area contributed by atoms with Crippen LogP contribution in [0.4, 0.5) is 0 Å². The van der Waals surface area contributed by atoms with E-state index in [-0.39, 0.29) is 17.2 Å². The molecule has 1 atom stereocenters. The summed E-state index contributed by atoms with van der Waals surface area (Å²) in [6.45, 7) is 1.71. The molecular formula is C29H48N4O4S. The van der Waals surface area contributed by atoms with Crippen LogP contribution in [0.3, 0.4) is 0 Å². The van der Waals surface area contributed by atoms with Crippen LogP contribution in [0.5, 0.6) is 0 Å². The number of tetrazole rings is 1. The first-order valence-corrected chi connectivity index (χ1v) is 16.6. The highest BCUT2D eigenvalue weighted by Crippen LogP contribution is 2.17. The van der Waals surface area contributed by atoms with Gasteiger partial charge >= 0.3 is 0 Å². The molecule has 2 aromatic rings. The molecule has 1 aromatic carbocycles. The lowest BCUT2D eigenvalue weighted by molar-refractivity contribution is -0.162. The Kier molecular flexibility index (Phi) is 14.9. The number of sulfone groups is 1. The third-order valence-electron chi connectivity index (χ3n) is 7.22. The van der Waals surface area contributed by atoms with Gasteiger partial charge in [-0.05, 0) is 54.7 Å². The topological polar surface area (TPSA) is 96.2 Å². The third-order valence-corrected chi connectivity index (χ3v) is 8.86. The zero-order chi connectivity index (χ0) is 26.7. The fraction of sp³-hybridized carbons (Fsp3) is 0.759. The number of aromatic nitrogens is 4. The van der Waals surface area contributed by atoms with Gasteiger partial charge in [0, 0.05) is 13.2 Å². The highest BCUT2D eigenvalue weighted by molar-refractivity contribution is 7.91. The van der Waals surface area contributed by atoms with Crippen molar-refractivity contribution in [2.24, 2.45) is 0 Å². The van der Waals surface area contributed by atoms with Gasteiger partial charge in [-0.25, -0.2) is 8.42 Å². The Morgan fingerprint density at radius 3 is 1.95 bits per heavy atom. The van der Waals surface area contributed by atoms with Crippen molar-refractivity contribution in [3.63, 3.8) is 0 Å². The molecule has 8 nitrogen and oxygen atoms in total. The minimum Gasteiger partial charge on any atom is -0.353 e. The van der Waals surface area contributed by atoms with Crippen LogP contribution in [0, 0.1) is 0 Å². The summed E-state index contributed by atoms with van der Waals surface area (Å²) in [7, 11) is -3.50. The van der Waals surface area contributed by atoms with Crippen molar-refractivity contribution < 1.29 is 17.9 Å². The van der Waals surface area contributed by atoms with E-state index in [0.29, 0.717) is 12.1 Å². The van der Waals surface area contributed by atoms with Crippen LogP contribution in [0.2, 0.25) is 0 Å². The van der Waals surface area contributed by atoms with Gasteiger partial charge in [-0.1, -0.05) is 107 Å². The van der Waals surface area contributed by atoms with E-state index in [0.717, 1.165) is 38.9 Å². The molecule has 0 aliphatic carbocycles. The molecule has 214 valence electrons. The fourth-order valence-corrected chi connectivity index (χ4v) is 6.28. The second-order valence-electron chi connectivity index (χ2n) is 10.5. The van der Waals surface area contributed by atoms with Gasteiger partial charge in [0.05, 0.1) is 11.4 Å². The zero-order valence-electron chi connectivity index (χ0n) is 23.1. The first kappa shape index (κ1) is 30.7. The van der Waals surface area contributed by atoms with Crippen LogP contribution in [0.25, 0.3) is 5.69 Å². The normalized spacial score (nSPS) is 16.2. The van der Waals surface area contributed by atoms with Gasteiger partial charge in [-0.3, -0.25) is 0 Å². The van der Waals surface area contributed by atoms with E-state index in [4.69, 9.17) is 9.47 Å². The molecule has 1 saturated heterocycles. The molecule has 0 radical (unpaired) electrons. The van der Waals surface area contributed by atoms with E-state index in [1.807, 2.05) is 18.2 Å². The molecule has 1 aromatic heterocycles. The Morgan fingerprint density at radius 2 is 1.37 bits per heavy atom. The third kappa shape index (κ3) is 11.9. The molecule has 1 aliphatic heterocycles. The van der Waals surface area contributed by atoms with Gasteiger partial charge in [0.15, 0.2) is 6.29 Å². The van der Waals surface area contributed by atoms with Crippen molar-refractivity contribution >= 4 is 9.84 Å². The number of nitrogens with zero attached hydrogens (tertiary/aromatic N) is 4. The van der Waals surface area contributed by atoms with Gasteiger partial charge in [-0.15, -0.1) is 0 Å². The maximum atomic E-state index is 12.7. The van der Waals surface area contributed by atoms with E-state index in [1.165, 1.54) is 88.2 Å². The summed E-state index contributed by atoms with van der Waals surface area (Å²) in [5.41, 5.74) is 0.651. The van der Waals surface area contributed by atoms with Crippen LogP contribution in [-0.2, 0) is 19.3 Å². The van der Waals surface area contributed by atoms with Crippen LogP contribution in [0.1, 0.15) is 116 Å². The molecule has 2 heterocycles. The number of unbranched alkanes of at least 4 members (excludes halogenated alkanes) is 14. The first-order valence-electron chi connectivity index (χ1n) is 15.0. The minimum absolute atomic E-state index is 0.0610. The average molecular weight is 549 g/mol. The molecule has 1 aliphatic rings. The maximum Gasteiger partial charge on any atom is 0.272 e. The Labute approximate surface area is 229 Å². The molecule has 1 fully saturated rings. The molecule has 3 rings (SSSR count). The largest absolute Gasteiger partial charge is 0.353 e. The fourth-order valence-electron chi connectivity index (χ4n) is 4.95. The van der Waals surface area contributed by atoms with E-state index >= 15 is 0 Å². The Balaban J connectivity index is 1.08. The monoisotopic (exact) mass is 548 g/mol. The molecular weight excluding hydrogens is 500 g/mol. The average Bonchev–Trinajstić information content (AvgIpc) is 3.45. The minimum atomic E-state index is -3.50. The van der Waals surface area contributed by atoms with Crippen molar-refractivity contribution in [2.75, 3.05) is 19.0 Å². The van der Waals surface area contributed by atoms with Crippen molar-refractivity contribution in [1.82, 2.24) is 20.2 Å². The summed E-state index contributed by atoms with van der Waals surface area (Å²) in [4.78, 5) is 0. The Morgan fingerprint density at radius 1 is 0.789 bits per heavy atom. The second kappa shape index (κ2) is 18.4. The SMILES string of the molecule is O=S(=O)(CCCCCCCCCCCCCCCCCOC1CCCCO1)c1nnnn1-c1ccccc1. The number of benzene rings is 1. The van der Waals surface area contributed by atoms with Crippen molar-refractivity contribution in [3.05, 3.63) is 30.3 Å². The lowest BCUT2D eigenvalue weighted by Gasteiger charge is -2.22. The zero-order valence-corrected chi connectivity index (χ0v) is 24.0. The van der Waals surface area contributed by atoms with Gasteiger partial charge < -0.3 is 9.47 Å². The summed E-state index contributed by atoms with van der Waals surface area (Å²) in [6, 6.07) is 9.13. The first-order chi connectivity index (χ1) is 18.7. The van der Waals surface area contributed by atoms with Crippen LogP contribution in [0.15, 0.2) is 35.5 Å². The van der Waals surface area contributed by atoms with Gasteiger partial charge in [0.1, 0.15) is 0 Å². The molecule has 9 heteroatoms. The molecule has 38 heavy (non-hydrogen) atoms. The summed E-state index contributed by atoms with van der Waals surface area (Å²) in [6.07, 6.45) is 21.7. The number of ether oxygens (including phenoxy) is 2. The number of hydrogen-bond acceptors (Lipinski definition) is 7. The van der Waals surface area contributed by atoms with Crippen molar-refractivity contribution in [1.29, 1.82) is 0 Å². The standard InChI is InChI=1S/C29H48N4O4S/c34-38(35,29-30-31-32-33(29)27-21-15-14-16-22-27)26-20-13-11-9-7-5-3-1-2-4-6-8-10-12-18-24-36-28-23-17-19-25-37-28/h14-16,21-22,28H,1-13,17-20,23-26H2. The summed E-state index contributed by atoms with van der Waals surface area (Å²) in [5, 5.41) is 11.2. The van der Waals surface area contributed by atoms with E-state index in [2.05, 4.69) is 15.5 Å². The summed E-state index contributed by atoms with van der Waals surface area (Å²) in [5.74, 6) is 0.0867. The van der Waals surface area contributed by atoms with Crippen LogP contribution >= 0.6 is 0 Å². The predicted molar refractivity (Wildman–Crippen MR) is 150 cm³/mol. The van der Waals surface area contributed by atoms with Crippen LogP contribution < -0.4 is 0 Å². The lowest BCUT2D eigenvalue weighted by atomic mass is 10.0. The van der Waals surface area contributed by atoms with Crippen molar-refractivity contribution in [2.45, 2.75) is 127 Å². The van der Waals surface area contributed by atoms with Gasteiger partial charge in [-0.2, -0.15) is 4.68 Å². The summed E-state index contributed by atoms with van der Waals surface area (Å²) < 4.78 is 38.2. The second-order valence-corrected chi connectivity index (χ2v) is 12.5. The number of hydrogen-bond donors (Lipinski definition) is 0. The lowest BCUT2D eigenvalue weighted by Crippen LogP contribution is -2.22. The number of rotatable bonds is 21. The highest BCUT2D eigenvalue weighted by Gasteiger charge is 2.23. The maximum absolute atomic E-state index is 12.7. The van der Waals surface area contributed by atoms with E-state index < -0.39 is 9.84 Å². The van der Waals surface area contributed by atoms with Crippen LogP contribution in [-0.4, -0.2) is 53.9 Å². The summed E-state index contributed by atoms with van der Waals surface area (Å²) >= 11 is 0. The highest BCUT2D eigenvalue weighted by atomic mass is 32.2. The Bertz CT molecular complexity index is 962. The molecule has 1 unspecified atom stereocenters. The smallest absolute Gasteiger partial charge is 0.272 e. The molecule has 0 amide bonds. The predicted octanol–water partition coefficient (Wildman–Crippen LogP) is 6.83. The Hall–Kier alpha value is -1.84. The van der Waals surface area contributed by atoms with Gasteiger partial charge in [0.25, 0.3) is 5.16 Å². The molecule has 0 bridgehead atoms. The molecule has 0 spiro atoms. The van der Waals surface area contributed by atoms with Gasteiger partial charge in [0.2, 0.25) is 9.84 Å². The molecule has 0 N–H and O–H groups in total. The number of para-hydroxylation sites is 1. The van der Waals surface area contributed by atoms with E-state index in [9.17, 15) is 8.42 Å². The van der Waals surface area contributed by atoms with Crippen molar-refractivity contribution in [3.8, 4) is 5.69 Å². The quantitative estimate of drug-likeness (QED) is 0.158. The van der Waals surface area contributed by atoms with E-state index in [1.54, 1.807) is 12.1 Å². The molecule has 0 saturated carbocycles.